The standard InChI is InChI=1S/C21H24O2Si/c1-16(2)21-19-13-14-22-15-20(19)24(23-21,17-9-5-3-6-10-17)18-11-7-4-8-12-18/h3-14,16,19-21H,15H2,1-2H3/t19-,20-,21+/m0/s1. The maximum absolute atomic E-state index is 7.04. The minimum atomic E-state index is -2.35. The van der Waals surface area contributed by atoms with Crippen molar-refractivity contribution in [1.29, 1.82) is 0 Å². The van der Waals surface area contributed by atoms with Gasteiger partial charge in [0.25, 0.3) is 8.32 Å². The van der Waals surface area contributed by atoms with Gasteiger partial charge in [-0.15, -0.1) is 0 Å². The smallest absolute Gasteiger partial charge is 0.263 e. The zero-order valence-corrected chi connectivity index (χ0v) is 15.3. The van der Waals surface area contributed by atoms with Gasteiger partial charge in [-0.2, -0.15) is 0 Å². The Bertz CT molecular complexity index is 672. The molecular weight excluding hydrogens is 312 g/mol. The molecule has 2 aliphatic rings. The third kappa shape index (κ3) is 2.35. The minimum absolute atomic E-state index is 0.252. The van der Waals surface area contributed by atoms with Gasteiger partial charge in [-0.05, 0) is 22.4 Å². The molecule has 0 saturated carbocycles. The van der Waals surface area contributed by atoms with Crippen LogP contribution in [-0.4, -0.2) is 21.0 Å². The molecule has 1 saturated heterocycles. The Kier molecular flexibility index (Phi) is 4.07. The molecular formula is C21H24O2Si. The lowest BCUT2D eigenvalue weighted by molar-refractivity contribution is 0.127. The van der Waals surface area contributed by atoms with Crippen molar-refractivity contribution in [2.24, 2.45) is 11.8 Å². The molecule has 4 rings (SSSR count). The van der Waals surface area contributed by atoms with E-state index in [-0.39, 0.29) is 6.10 Å². The van der Waals surface area contributed by atoms with Crippen molar-refractivity contribution in [3.8, 4) is 0 Å². The van der Waals surface area contributed by atoms with Crippen LogP contribution in [0.1, 0.15) is 13.8 Å². The molecule has 2 aliphatic heterocycles. The molecule has 0 spiro atoms. The average Bonchev–Trinajstić information content (AvgIpc) is 3.00. The Labute approximate surface area is 145 Å². The summed E-state index contributed by atoms with van der Waals surface area (Å²) in [4.78, 5) is 0. The number of hydrogen-bond donors (Lipinski definition) is 0. The second-order valence-electron chi connectivity index (χ2n) is 7.14. The average molecular weight is 337 g/mol. The summed E-state index contributed by atoms with van der Waals surface area (Å²) < 4.78 is 12.8. The molecule has 2 nitrogen and oxygen atoms in total. The summed E-state index contributed by atoms with van der Waals surface area (Å²) in [5.74, 6) is 0.924. The van der Waals surface area contributed by atoms with E-state index >= 15 is 0 Å². The normalized spacial score (nSPS) is 27.7. The highest BCUT2D eigenvalue weighted by Gasteiger charge is 2.59. The third-order valence-electron chi connectivity index (χ3n) is 5.42. The first-order chi connectivity index (χ1) is 11.7. The van der Waals surface area contributed by atoms with Gasteiger partial charge in [-0.3, -0.25) is 0 Å². The second-order valence-corrected chi connectivity index (χ2v) is 10.7. The third-order valence-corrected chi connectivity index (χ3v) is 10.0. The van der Waals surface area contributed by atoms with Gasteiger partial charge in [-0.1, -0.05) is 74.5 Å². The predicted octanol–water partition coefficient (Wildman–Crippen LogP) is 3.33. The van der Waals surface area contributed by atoms with E-state index in [1.165, 1.54) is 10.4 Å². The summed E-state index contributed by atoms with van der Waals surface area (Å²) in [5, 5.41) is 2.71. The topological polar surface area (TPSA) is 18.5 Å². The van der Waals surface area contributed by atoms with Gasteiger partial charge >= 0.3 is 0 Å². The highest BCUT2D eigenvalue weighted by Crippen LogP contribution is 2.46. The lowest BCUT2D eigenvalue weighted by Crippen LogP contribution is -2.62. The summed E-state index contributed by atoms with van der Waals surface area (Å²) in [5.41, 5.74) is 0.416. The Morgan fingerprint density at radius 1 is 0.917 bits per heavy atom. The summed E-state index contributed by atoms with van der Waals surface area (Å²) in [6, 6.07) is 21.7. The van der Waals surface area contributed by atoms with Crippen LogP contribution < -0.4 is 10.4 Å². The molecule has 0 radical (unpaired) electrons. The van der Waals surface area contributed by atoms with Gasteiger partial charge in [0.1, 0.15) is 0 Å². The molecule has 2 aromatic carbocycles. The summed E-state index contributed by atoms with van der Waals surface area (Å²) in [6.07, 6.45) is 4.36. The van der Waals surface area contributed by atoms with Crippen molar-refractivity contribution in [3.05, 3.63) is 73.0 Å². The number of fused-ring (bicyclic) bond motifs is 1. The van der Waals surface area contributed by atoms with E-state index in [1.54, 1.807) is 0 Å². The van der Waals surface area contributed by atoms with E-state index in [2.05, 4.69) is 80.6 Å². The SMILES string of the molecule is CC(C)[C@H]1O[Si](c2ccccc2)(c2ccccc2)[C@H]2COC=C[C@H]12. The highest BCUT2D eigenvalue weighted by atomic mass is 28.4. The lowest BCUT2D eigenvalue weighted by Gasteiger charge is -2.34. The summed E-state index contributed by atoms with van der Waals surface area (Å²) >= 11 is 0. The fourth-order valence-corrected chi connectivity index (χ4v) is 9.39. The molecule has 0 N–H and O–H groups in total. The van der Waals surface area contributed by atoms with Gasteiger partial charge < -0.3 is 9.16 Å². The largest absolute Gasteiger partial charge is 0.501 e. The predicted molar refractivity (Wildman–Crippen MR) is 99.9 cm³/mol. The van der Waals surface area contributed by atoms with Gasteiger partial charge in [0, 0.05) is 11.5 Å². The molecule has 2 heterocycles. The second kappa shape index (κ2) is 6.23. The van der Waals surface area contributed by atoms with Gasteiger partial charge in [-0.25, -0.2) is 0 Å². The minimum Gasteiger partial charge on any atom is -0.501 e. The Morgan fingerprint density at radius 3 is 2.04 bits per heavy atom. The molecule has 0 aromatic heterocycles. The first-order valence-corrected chi connectivity index (χ1v) is 10.8. The monoisotopic (exact) mass is 336 g/mol. The number of ether oxygens (including phenoxy) is 1. The number of rotatable bonds is 3. The molecule has 0 bridgehead atoms. The van der Waals surface area contributed by atoms with Crippen molar-refractivity contribution < 1.29 is 9.16 Å². The summed E-state index contributed by atoms with van der Waals surface area (Å²) in [7, 11) is -2.35. The van der Waals surface area contributed by atoms with Crippen LogP contribution in [0.3, 0.4) is 0 Å². The quantitative estimate of drug-likeness (QED) is 0.801. The van der Waals surface area contributed by atoms with E-state index < -0.39 is 8.32 Å². The fraction of sp³-hybridized carbons (Fsp3) is 0.333. The Hall–Kier alpha value is -1.84. The Balaban J connectivity index is 1.92. The molecule has 3 heteroatoms. The fourth-order valence-electron chi connectivity index (χ4n) is 4.34. The van der Waals surface area contributed by atoms with E-state index in [0.29, 0.717) is 17.4 Å². The maximum atomic E-state index is 7.04. The zero-order chi connectivity index (χ0) is 16.6. The van der Waals surface area contributed by atoms with E-state index in [0.717, 1.165) is 6.61 Å². The van der Waals surface area contributed by atoms with Crippen LogP contribution in [0.2, 0.25) is 5.54 Å². The van der Waals surface area contributed by atoms with Crippen molar-refractivity contribution in [1.82, 2.24) is 0 Å². The molecule has 3 atom stereocenters. The van der Waals surface area contributed by atoms with Crippen LogP contribution in [0.25, 0.3) is 0 Å². The molecule has 24 heavy (non-hydrogen) atoms. The Morgan fingerprint density at radius 2 is 1.50 bits per heavy atom. The molecule has 0 amide bonds. The van der Waals surface area contributed by atoms with Crippen LogP contribution in [-0.2, 0) is 9.16 Å². The van der Waals surface area contributed by atoms with Crippen LogP contribution in [0, 0.1) is 11.8 Å². The summed E-state index contributed by atoms with van der Waals surface area (Å²) in [6.45, 7) is 5.29. The molecule has 0 unspecified atom stereocenters. The van der Waals surface area contributed by atoms with E-state index in [1.807, 2.05) is 6.26 Å². The molecule has 124 valence electrons. The van der Waals surface area contributed by atoms with Crippen LogP contribution >= 0.6 is 0 Å². The van der Waals surface area contributed by atoms with Gasteiger partial charge in [0.15, 0.2) is 0 Å². The lowest BCUT2D eigenvalue weighted by atomic mass is 9.90. The zero-order valence-electron chi connectivity index (χ0n) is 14.3. The van der Waals surface area contributed by atoms with Gasteiger partial charge in [0.2, 0.25) is 0 Å². The van der Waals surface area contributed by atoms with Crippen LogP contribution in [0.15, 0.2) is 73.0 Å². The van der Waals surface area contributed by atoms with Crippen LogP contribution in [0.5, 0.6) is 0 Å². The van der Waals surface area contributed by atoms with Crippen molar-refractivity contribution in [2.75, 3.05) is 6.61 Å². The molecule has 0 aliphatic carbocycles. The molecule has 1 fully saturated rings. The van der Waals surface area contributed by atoms with E-state index in [9.17, 15) is 0 Å². The number of hydrogen-bond acceptors (Lipinski definition) is 2. The van der Waals surface area contributed by atoms with Crippen LogP contribution in [0.4, 0.5) is 0 Å². The molecule has 2 aromatic rings. The first-order valence-electron chi connectivity index (χ1n) is 8.80. The van der Waals surface area contributed by atoms with Crippen molar-refractivity contribution in [3.63, 3.8) is 0 Å². The van der Waals surface area contributed by atoms with E-state index in [4.69, 9.17) is 9.16 Å². The number of benzene rings is 2. The highest BCUT2D eigenvalue weighted by molar-refractivity contribution is 6.99. The van der Waals surface area contributed by atoms with Crippen molar-refractivity contribution >= 4 is 18.7 Å². The first kappa shape index (κ1) is 15.7. The maximum Gasteiger partial charge on any atom is 0.263 e. The van der Waals surface area contributed by atoms with Gasteiger partial charge in [0.05, 0.1) is 19.0 Å². The van der Waals surface area contributed by atoms with Crippen molar-refractivity contribution in [2.45, 2.75) is 25.5 Å².